The fraction of sp³-hybridized carbons (Fsp3) is 0.522. The SMILES string of the molecule is C1CCOC1.CCCC[n+]1ccn(-c2cccc(-n3cc[n+](CCCC)c3)n2)c1.Cl.[Cl-]. The molecule has 0 aliphatic carbocycles. The molecule has 0 N–H and O–H groups in total. The minimum absolute atomic E-state index is 0. The molecular formula is C23H36Cl2N5O+. The number of ether oxygens (including phenoxy) is 1. The zero-order valence-electron chi connectivity index (χ0n) is 18.7. The van der Waals surface area contributed by atoms with E-state index in [0.29, 0.717) is 0 Å². The van der Waals surface area contributed by atoms with E-state index in [1.807, 2.05) is 12.1 Å². The molecule has 3 aromatic rings. The second kappa shape index (κ2) is 15.0. The van der Waals surface area contributed by atoms with Crippen LogP contribution in [0.5, 0.6) is 0 Å². The van der Waals surface area contributed by atoms with Gasteiger partial charge in [-0.1, -0.05) is 32.8 Å². The molecule has 6 nitrogen and oxygen atoms in total. The highest BCUT2D eigenvalue weighted by Crippen LogP contribution is 2.08. The summed E-state index contributed by atoms with van der Waals surface area (Å²) in [5.74, 6) is 1.88. The van der Waals surface area contributed by atoms with Crippen molar-refractivity contribution in [1.29, 1.82) is 0 Å². The predicted molar refractivity (Wildman–Crippen MR) is 120 cm³/mol. The molecule has 1 saturated heterocycles. The third kappa shape index (κ3) is 8.63. The Labute approximate surface area is 198 Å². The largest absolute Gasteiger partial charge is 1.00 e. The summed E-state index contributed by atoms with van der Waals surface area (Å²) < 4.78 is 13.5. The minimum atomic E-state index is 0. The quantitative estimate of drug-likeness (QED) is 0.463. The first-order valence-electron chi connectivity index (χ1n) is 11.0. The molecule has 31 heavy (non-hydrogen) atoms. The van der Waals surface area contributed by atoms with Crippen LogP contribution in [0.1, 0.15) is 52.4 Å². The first-order valence-corrected chi connectivity index (χ1v) is 11.0. The number of hydrogen-bond acceptors (Lipinski definition) is 2. The molecule has 1 fully saturated rings. The van der Waals surface area contributed by atoms with Crippen LogP contribution >= 0.6 is 12.4 Å². The van der Waals surface area contributed by atoms with E-state index in [1.54, 1.807) is 0 Å². The lowest BCUT2D eigenvalue weighted by Crippen LogP contribution is -3.00. The normalized spacial score (nSPS) is 12.5. The van der Waals surface area contributed by atoms with Crippen molar-refractivity contribution in [2.24, 2.45) is 0 Å². The lowest BCUT2D eigenvalue weighted by molar-refractivity contribution is -0.696. The topological polar surface area (TPSA) is 39.7 Å². The maximum atomic E-state index is 4.94. The lowest BCUT2D eigenvalue weighted by atomic mass is 10.3. The predicted octanol–water partition coefficient (Wildman–Crippen LogP) is 1.06. The van der Waals surface area contributed by atoms with Crippen LogP contribution in [0.3, 0.4) is 0 Å². The molecule has 0 saturated carbocycles. The van der Waals surface area contributed by atoms with Crippen molar-refractivity contribution in [3.63, 3.8) is 0 Å². The molecule has 0 aromatic carbocycles. The van der Waals surface area contributed by atoms with Crippen LogP contribution in [-0.4, -0.2) is 27.3 Å². The van der Waals surface area contributed by atoms with Gasteiger partial charge in [0.15, 0.2) is 0 Å². The summed E-state index contributed by atoms with van der Waals surface area (Å²) in [6, 6.07) is 6.15. The Hall–Kier alpha value is -1.89. The third-order valence-corrected chi connectivity index (χ3v) is 5.00. The van der Waals surface area contributed by atoms with Crippen molar-refractivity contribution in [3.05, 3.63) is 55.6 Å². The van der Waals surface area contributed by atoms with E-state index in [1.165, 1.54) is 38.5 Å². The summed E-state index contributed by atoms with van der Waals surface area (Å²) in [5.41, 5.74) is 0. The highest BCUT2D eigenvalue weighted by molar-refractivity contribution is 5.85. The monoisotopic (exact) mass is 468 g/mol. The van der Waals surface area contributed by atoms with Crippen molar-refractivity contribution < 1.29 is 26.3 Å². The van der Waals surface area contributed by atoms with Crippen LogP contribution in [0.25, 0.3) is 11.6 Å². The zero-order valence-corrected chi connectivity index (χ0v) is 20.3. The summed E-state index contributed by atoms with van der Waals surface area (Å²) in [6.45, 7) is 8.54. The number of hydrogen-bond donors (Lipinski definition) is 0. The van der Waals surface area contributed by atoms with Crippen LogP contribution in [0.15, 0.2) is 55.6 Å². The van der Waals surface area contributed by atoms with E-state index in [9.17, 15) is 0 Å². The number of pyridine rings is 1. The number of nitrogens with zero attached hydrogens (tertiary/aromatic N) is 5. The fourth-order valence-corrected chi connectivity index (χ4v) is 3.22. The molecule has 0 amide bonds. The Morgan fingerprint density at radius 1 is 0.871 bits per heavy atom. The number of aromatic nitrogens is 5. The number of unbranched alkanes of at least 4 members (excludes halogenated alkanes) is 2. The smallest absolute Gasteiger partial charge is 0.250 e. The van der Waals surface area contributed by atoms with Crippen LogP contribution in [0, 0.1) is 0 Å². The van der Waals surface area contributed by atoms with Gasteiger partial charge < -0.3 is 17.1 Å². The summed E-state index contributed by atoms with van der Waals surface area (Å²) >= 11 is 0. The minimum Gasteiger partial charge on any atom is -1.00 e. The van der Waals surface area contributed by atoms with Gasteiger partial charge >= 0.3 is 0 Å². The standard InChI is InChI=1S/C19H27N5.C4H8O.2ClH/c1-3-5-10-21-12-14-23(16-21)18-8-7-9-19(20-18)24-15-13-22(17-24)11-6-4-2;1-2-4-5-3-1;;/h7-9,12-17H,3-6,10-11H2,1-2H3;1-4H2;2*1H/q+2;;;/p-1. The molecule has 1 aliphatic rings. The van der Waals surface area contributed by atoms with Crippen LogP contribution in [0.4, 0.5) is 0 Å². The van der Waals surface area contributed by atoms with Gasteiger partial charge in [0.2, 0.25) is 24.3 Å². The maximum Gasteiger partial charge on any atom is 0.250 e. The number of rotatable bonds is 8. The van der Waals surface area contributed by atoms with Crippen molar-refractivity contribution >= 4 is 12.4 Å². The number of imidazole rings is 2. The molecule has 172 valence electrons. The average Bonchev–Trinajstić information content (AvgIpc) is 3.54. The maximum absolute atomic E-state index is 4.94. The molecule has 3 aromatic heterocycles. The Bertz CT molecular complexity index is 792. The third-order valence-electron chi connectivity index (χ3n) is 5.00. The molecule has 0 bridgehead atoms. The summed E-state index contributed by atoms with van der Waals surface area (Å²) in [6.07, 6.45) is 19.9. The van der Waals surface area contributed by atoms with Gasteiger partial charge in [-0.25, -0.2) is 9.13 Å². The molecular weight excluding hydrogens is 433 g/mol. The van der Waals surface area contributed by atoms with E-state index >= 15 is 0 Å². The second-order valence-corrected chi connectivity index (χ2v) is 7.50. The van der Waals surface area contributed by atoms with Crippen molar-refractivity contribution in [2.45, 2.75) is 65.5 Å². The number of halogens is 2. The van der Waals surface area contributed by atoms with Crippen LogP contribution in [0.2, 0.25) is 0 Å². The zero-order chi connectivity index (χ0) is 20.3. The lowest BCUT2D eigenvalue weighted by Gasteiger charge is -1.98. The van der Waals surface area contributed by atoms with Crippen molar-refractivity contribution in [1.82, 2.24) is 14.1 Å². The molecule has 8 heteroatoms. The second-order valence-electron chi connectivity index (χ2n) is 7.50. The van der Waals surface area contributed by atoms with Crippen LogP contribution < -0.4 is 21.5 Å². The highest BCUT2D eigenvalue weighted by Gasteiger charge is 2.12. The van der Waals surface area contributed by atoms with Gasteiger partial charge in [0.05, 0.1) is 13.1 Å². The van der Waals surface area contributed by atoms with Gasteiger partial charge in [-0.15, -0.1) is 12.4 Å². The van der Waals surface area contributed by atoms with E-state index < -0.39 is 0 Å². The van der Waals surface area contributed by atoms with E-state index in [4.69, 9.17) is 9.72 Å². The van der Waals surface area contributed by atoms with Gasteiger partial charge in [0.1, 0.15) is 24.8 Å². The Balaban J connectivity index is 0.000000606. The van der Waals surface area contributed by atoms with E-state index in [0.717, 1.165) is 37.9 Å². The molecule has 0 radical (unpaired) electrons. The van der Waals surface area contributed by atoms with Crippen molar-refractivity contribution in [3.8, 4) is 11.6 Å². The van der Waals surface area contributed by atoms with Gasteiger partial charge in [-0.05, 0) is 25.7 Å². The van der Waals surface area contributed by atoms with Crippen molar-refractivity contribution in [2.75, 3.05) is 13.2 Å². The summed E-state index contributed by atoms with van der Waals surface area (Å²) in [4.78, 5) is 4.80. The Morgan fingerprint density at radius 2 is 1.35 bits per heavy atom. The van der Waals surface area contributed by atoms with Gasteiger partial charge in [-0.2, -0.15) is 14.1 Å². The molecule has 1 aliphatic heterocycles. The Kier molecular flexibility index (Phi) is 13.1. The van der Waals surface area contributed by atoms with Gasteiger partial charge in [0, 0.05) is 25.3 Å². The molecule has 4 heterocycles. The first-order chi connectivity index (χ1) is 14.3. The van der Waals surface area contributed by atoms with E-state index in [2.05, 4.69) is 75.6 Å². The summed E-state index contributed by atoms with van der Waals surface area (Å²) in [5, 5.41) is 0. The molecule has 0 atom stereocenters. The number of aryl methyl sites for hydroxylation is 2. The van der Waals surface area contributed by atoms with E-state index in [-0.39, 0.29) is 24.8 Å². The van der Waals surface area contributed by atoms with Gasteiger partial charge in [-0.3, -0.25) is 0 Å². The fourth-order valence-electron chi connectivity index (χ4n) is 3.22. The highest BCUT2D eigenvalue weighted by atomic mass is 35.5. The summed E-state index contributed by atoms with van der Waals surface area (Å²) in [7, 11) is 0. The van der Waals surface area contributed by atoms with Crippen LogP contribution in [-0.2, 0) is 17.8 Å². The van der Waals surface area contributed by atoms with Gasteiger partial charge in [0.25, 0.3) is 0 Å². The molecule has 0 unspecified atom stereocenters. The Morgan fingerprint density at radius 3 is 1.74 bits per heavy atom. The average molecular weight is 469 g/mol. The first kappa shape index (κ1) is 27.1. The molecule has 4 rings (SSSR count). The molecule has 0 spiro atoms.